The van der Waals surface area contributed by atoms with Gasteiger partial charge >= 0.3 is 0 Å². The Morgan fingerprint density at radius 1 is 1.71 bits per heavy atom. The molecule has 0 amide bonds. The second-order valence-electron chi connectivity index (χ2n) is 3.48. The van der Waals surface area contributed by atoms with Crippen LogP contribution in [0.15, 0.2) is 11.1 Å². The van der Waals surface area contributed by atoms with Gasteiger partial charge in [0, 0.05) is 19.0 Å². The number of aliphatic imine (C=N–C) groups is 1. The Morgan fingerprint density at radius 3 is 2.93 bits per heavy atom. The lowest BCUT2D eigenvalue weighted by Crippen LogP contribution is -2.13. The van der Waals surface area contributed by atoms with E-state index in [9.17, 15) is 0 Å². The van der Waals surface area contributed by atoms with E-state index < -0.39 is 0 Å². The monoisotopic (exact) mass is 194 g/mol. The van der Waals surface area contributed by atoms with Crippen molar-refractivity contribution in [3.63, 3.8) is 0 Å². The first-order chi connectivity index (χ1) is 6.70. The van der Waals surface area contributed by atoms with Gasteiger partial charge in [0.2, 0.25) is 5.88 Å². The normalized spacial score (nSPS) is 17.1. The standard InChI is InChI=1S/C9H14N4O/c1-13-8(14-2)5-7(12-13)11-9(10)6-3-4-6/h5-6H,3-4H2,1-2H3,(H2,10,11,12). The molecule has 5 nitrogen and oxygen atoms in total. The number of ether oxygens (including phenoxy) is 1. The molecule has 1 aliphatic rings. The van der Waals surface area contributed by atoms with Gasteiger partial charge in [0.25, 0.3) is 0 Å². The largest absolute Gasteiger partial charge is 0.481 e. The molecule has 0 atom stereocenters. The Kier molecular flexibility index (Phi) is 2.15. The van der Waals surface area contributed by atoms with Crippen molar-refractivity contribution >= 4 is 11.7 Å². The van der Waals surface area contributed by atoms with E-state index in [1.54, 1.807) is 17.9 Å². The van der Waals surface area contributed by atoms with Gasteiger partial charge in [-0.15, -0.1) is 5.10 Å². The number of rotatable bonds is 3. The minimum absolute atomic E-state index is 0.475. The predicted molar refractivity (Wildman–Crippen MR) is 53.8 cm³/mol. The van der Waals surface area contributed by atoms with Crippen molar-refractivity contribution in [2.45, 2.75) is 12.8 Å². The smallest absolute Gasteiger partial charge is 0.213 e. The number of hydrogen-bond donors (Lipinski definition) is 1. The second kappa shape index (κ2) is 3.32. The predicted octanol–water partition coefficient (Wildman–Crippen LogP) is 0.827. The summed E-state index contributed by atoms with van der Waals surface area (Å²) in [5.74, 6) is 2.47. The number of aromatic nitrogens is 2. The zero-order valence-corrected chi connectivity index (χ0v) is 8.40. The minimum Gasteiger partial charge on any atom is -0.481 e. The van der Waals surface area contributed by atoms with Crippen LogP contribution in [0.3, 0.4) is 0 Å². The topological polar surface area (TPSA) is 65.4 Å². The first kappa shape index (κ1) is 9.05. The first-order valence-electron chi connectivity index (χ1n) is 4.63. The van der Waals surface area contributed by atoms with Crippen LogP contribution in [0.5, 0.6) is 5.88 Å². The summed E-state index contributed by atoms with van der Waals surface area (Å²) in [6.45, 7) is 0. The summed E-state index contributed by atoms with van der Waals surface area (Å²) in [6.07, 6.45) is 2.30. The highest BCUT2D eigenvalue weighted by atomic mass is 16.5. The van der Waals surface area contributed by atoms with Gasteiger partial charge in [0.1, 0.15) is 5.84 Å². The van der Waals surface area contributed by atoms with Crippen LogP contribution in [0.2, 0.25) is 0 Å². The summed E-state index contributed by atoms with van der Waals surface area (Å²) in [4.78, 5) is 4.23. The van der Waals surface area contributed by atoms with Crippen LogP contribution in [-0.4, -0.2) is 22.7 Å². The third kappa shape index (κ3) is 1.71. The number of amidine groups is 1. The van der Waals surface area contributed by atoms with Crippen LogP contribution in [-0.2, 0) is 7.05 Å². The summed E-state index contributed by atoms with van der Waals surface area (Å²) < 4.78 is 6.71. The summed E-state index contributed by atoms with van der Waals surface area (Å²) in [6, 6.07) is 1.77. The summed E-state index contributed by atoms with van der Waals surface area (Å²) in [5.41, 5.74) is 5.77. The maximum atomic E-state index is 5.77. The van der Waals surface area contributed by atoms with Gasteiger partial charge in [0.05, 0.1) is 7.11 Å². The average molecular weight is 194 g/mol. The Morgan fingerprint density at radius 2 is 2.43 bits per heavy atom. The molecular formula is C9H14N4O. The zero-order valence-electron chi connectivity index (χ0n) is 8.40. The highest BCUT2D eigenvalue weighted by Crippen LogP contribution is 2.30. The van der Waals surface area contributed by atoms with Crippen molar-refractivity contribution in [1.29, 1.82) is 0 Å². The molecule has 1 fully saturated rings. The number of methoxy groups -OCH3 is 1. The molecule has 0 saturated heterocycles. The molecule has 2 rings (SSSR count). The van der Waals surface area contributed by atoms with Crippen LogP contribution >= 0.6 is 0 Å². The first-order valence-corrected chi connectivity index (χ1v) is 4.63. The summed E-state index contributed by atoms with van der Waals surface area (Å²) in [5, 5.41) is 4.16. The molecule has 0 spiro atoms. The number of nitrogens with two attached hydrogens (primary N) is 1. The molecule has 0 radical (unpaired) electrons. The third-order valence-corrected chi connectivity index (χ3v) is 2.27. The molecule has 0 unspecified atom stereocenters. The highest BCUT2D eigenvalue weighted by Gasteiger charge is 2.25. The lowest BCUT2D eigenvalue weighted by atomic mass is 10.4. The van der Waals surface area contributed by atoms with E-state index in [-0.39, 0.29) is 0 Å². The van der Waals surface area contributed by atoms with Crippen LogP contribution in [0.4, 0.5) is 5.82 Å². The van der Waals surface area contributed by atoms with Crippen molar-refractivity contribution < 1.29 is 4.74 Å². The van der Waals surface area contributed by atoms with E-state index >= 15 is 0 Å². The molecule has 1 heterocycles. The minimum atomic E-state index is 0.475. The van der Waals surface area contributed by atoms with E-state index in [2.05, 4.69) is 10.1 Å². The lowest BCUT2D eigenvalue weighted by molar-refractivity contribution is 0.373. The van der Waals surface area contributed by atoms with E-state index in [1.807, 2.05) is 7.05 Å². The van der Waals surface area contributed by atoms with Crippen LogP contribution in [0, 0.1) is 5.92 Å². The molecule has 1 aliphatic carbocycles. The molecule has 76 valence electrons. The molecule has 1 aromatic rings. The van der Waals surface area contributed by atoms with E-state index in [0.29, 0.717) is 23.5 Å². The van der Waals surface area contributed by atoms with Crippen molar-refractivity contribution in [1.82, 2.24) is 9.78 Å². The fourth-order valence-corrected chi connectivity index (χ4v) is 1.28. The third-order valence-electron chi connectivity index (χ3n) is 2.27. The Bertz CT molecular complexity index is 365. The molecule has 1 aromatic heterocycles. The average Bonchev–Trinajstić information content (AvgIpc) is 2.92. The van der Waals surface area contributed by atoms with Crippen molar-refractivity contribution in [2.24, 2.45) is 23.7 Å². The maximum absolute atomic E-state index is 5.77. The van der Waals surface area contributed by atoms with Crippen molar-refractivity contribution in [3.05, 3.63) is 6.07 Å². The Balaban J connectivity index is 2.19. The van der Waals surface area contributed by atoms with Gasteiger partial charge in [-0.25, -0.2) is 9.67 Å². The van der Waals surface area contributed by atoms with Gasteiger partial charge in [0.15, 0.2) is 5.82 Å². The zero-order chi connectivity index (χ0) is 10.1. The quantitative estimate of drug-likeness (QED) is 0.572. The Labute approximate surface area is 82.6 Å². The number of nitrogens with zero attached hydrogens (tertiary/aromatic N) is 3. The molecule has 0 bridgehead atoms. The fourth-order valence-electron chi connectivity index (χ4n) is 1.28. The maximum Gasteiger partial charge on any atom is 0.213 e. The fraction of sp³-hybridized carbons (Fsp3) is 0.556. The van der Waals surface area contributed by atoms with E-state index in [4.69, 9.17) is 10.5 Å². The molecule has 1 saturated carbocycles. The number of hydrogen-bond acceptors (Lipinski definition) is 3. The van der Waals surface area contributed by atoms with Crippen LogP contribution < -0.4 is 10.5 Å². The summed E-state index contributed by atoms with van der Waals surface area (Å²) >= 11 is 0. The van der Waals surface area contributed by atoms with Gasteiger partial charge < -0.3 is 10.5 Å². The van der Waals surface area contributed by atoms with Crippen molar-refractivity contribution in [3.8, 4) is 5.88 Å². The summed E-state index contributed by atoms with van der Waals surface area (Å²) in [7, 11) is 3.42. The van der Waals surface area contributed by atoms with Crippen LogP contribution in [0.1, 0.15) is 12.8 Å². The molecule has 0 aliphatic heterocycles. The molecule has 5 heteroatoms. The number of aryl methyl sites for hydroxylation is 1. The SMILES string of the molecule is COc1cc(N=C(N)C2CC2)nn1C. The van der Waals surface area contributed by atoms with Crippen molar-refractivity contribution in [2.75, 3.05) is 7.11 Å². The van der Waals surface area contributed by atoms with Gasteiger partial charge in [-0.3, -0.25) is 0 Å². The second-order valence-corrected chi connectivity index (χ2v) is 3.48. The van der Waals surface area contributed by atoms with Gasteiger partial charge in [-0.2, -0.15) is 0 Å². The van der Waals surface area contributed by atoms with Gasteiger partial charge in [-0.05, 0) is 12.8 Å². The molecule has 14 heavy (non-hydrogen) atoms. The van der Waals surface area contributed by atoms with Gasteiger partial charge in [-0.1, -0.05) is 0 Å². The molecular weight excluding hydrogens is 180 g/mol. The van der Waals surface area contributed by atoms with E-state index in [1.165, 1.54) is 0 Å². The highest BCUT2D eigenvalue weighted by molar-refractivity contribution is 5.86. The van der Waals surface area contributed by atoms with Crippen LogP contribution in [0.25, 0.3) is 0 Å². The molecule has 0 aromatic carbocycles. The van der Waals surface area contributed by atoms with E-state index in [0.717, 1.165) is 12.8 Å². The Hall–Kier alpha value is -1.52. The lowest BCUT2D eigenvalue weighted by Gasteiger charge is -1.95. The molecule has 2 N–H and O–H groups in total.